The number of ether oxygens (including phenoxy) is 1. The standard InChI is InChI=1S/C23H23FN4O4/c1-4-27(14-21(30)25-16-8-7-9-17(13-16)32-3)23(31)22-20(29)12-15(2)28(26-22)19-11-6-5-10-18(19)24/h5-13H,4,14H2,1-3H3,(H,25,30). The van der Waals surface area contributed by atoms with E-state index in [1.165, 1.54) is 41.0 Å². The molecule has 0 aliphatic heterocycles. The van der Waals surface area contributed by atoms with Crippen molar-refractivity contribution in [1.29, 1.82) is 0 Å². The molecule has 0 aliphatic rings. The molecule has 2 aromatic carbocycles. The van der Waals surface area contributed by atoms with Crippen LogP contribution in [0.4, 0.5) is 10.1 Å². The molecule has 1 heterocycles. The van der Waals surface area contributed by atoms with Gasteiger partial charge < -0.3 is 15.0 Å². The maximum atomic E-state index is 14.3. The first-order valence-electron chi connectivity index (χ1n) is 9.93. The molecule has 0 bridgehead atoms. The van der Waals surface area contributed by atoms with Crippen LogP contribution in [0.5, 0.6) is 5.75 Å². The van der Waals surface area contributed by atoms with E-state index in [2.05, 4.69) is 10.4 Å². The van der Waals surface area contributed by atoms with Crippen LogP contribution in [0.2, 0.25) is 0 Å². The van der Waals surface area contributed by atoms with Gasteiger partial charge in [-0.05, 0) is 38.1 Å². The number of nitrogens with one attached hydrogen (secondary N) is 1. The number of carbonyl (C=O) groups excluding carboxylic acids is 2. The molecule has 3 rings (SSSR count). The van der Waals surface area contributed by atoms with Crippen LogP contribution in [-0.2, 0) is 4.79 Å². The summed E-state index contributed by atoms with van der Waals surface area (Å²) in [6, 6.07) is 13.9. The number of aryl methyl sites for hydroxylation is 1. The van der Waals surface area contributed by atoms with Crippen LogP contribution in [0.15, 0.2) is 59.4 Å². The number of halogens is 1. The zero-order chi connectivity index (χ0) is 23.3. The molecule has 0 atom stereocenters. The molecule has 3 aromatic rings. The molecule has 2 amide bonds. The van der Waals surface area contributed by atoms with Crippen LogP contribution in [0, 0.1) is 12.7 Å². The van der Waals surface area contributed by atoms with Crippen molar-refractivity contribution in [3.63, 3.8) is 0 Å². The smallest absolute Gasteiger partial charge is 0.278 e. The number of hydrogen-bond donors (Lipinski definition) is 1. The van der Waals surface area contributed by atoms with Gasteiger partial charge in [0.2, 0.25) is 11.3 Å². The number of likely N-dealkylation sites (N-methyl/N-ethyl adjacent to an activating group) is 1. The highest BCUT2D eigenvalue weighted by molar-refractivity contribution is 5.98. The van der Waals surface area contributed by atoms with Crippen LogP contribution < -0.4 is 15.5 Å². The van der Waals surface area contributed by atoms with Gasteiger partial charge in [0, 0.05) is 30.1 Å². The van der Waals surface area contributed by atoms with Gasteiger partial charge in [-0.2, -0.15) is 5.10 Å². The van der Waals surface area contributed by atoms with Gasteiger partial charge in [-0.3, -0.25) is 14.4 Å². The Balaban J connectivity index is 1.84. The van der Waals surface area contributed by atoms with E-state index in [4.69, 9.17) is 4.74 Å². The maximum absolute atomic E-state index is 14.3. The van der Waals surface area contributed by atoms with Crippen LogP contribution in [0.3, 0.4) is 0 Å². The molecule has 0 spiro atoms. The molecule has 166 valence electrons. The molecule has 0 unspecified atom stereocenters. The molecule has 1 N–H and O–H groups in total. The maximum Gasteiger partial charge on any atom is 0.278 e. The summed E-state index contributed by atoms with van der Waals surface area (Å²) in [7, 11) is 1.51. The molecular weight excluding hydrogens is 415 g/mol. The lowest BCUT2D eigenvalue weighted by Gasteiger charge is -2.20. The van der Waals surface area contributed by atoms with E-state index in [0.717, 1.165) is 0 Å². The van der Waals surface area contributed by atoms with Crippen molar-refractivity contribution < 1.29 is 18.7 Å². The topological polar surface area (TPSA) is 93.5 Å². The van der Waals surface area contributed by atoms with Crippen LogP contribution >= 0.6 is 0 Å². The van der Waals surface area contributed by atoms with Gasteiger partial charge >= 0.3 is 0 Å². The Labute approximate surface area is 184 Å². The Morgan fingerprint density at radius 1 is 1.16 bits per heavy atom. The summed E-state index contributed by atoms with van der Waals surface area (Å²) in [4.78, 5) is 39.2. The summed E-state index contributed by atoms with van der Waals surface area (Å²) in [5.74, 6) is -1.14. The zero-order valence-electron chi connectivity index (χ0n) is 18.0. The van der Waals surface area contributed by atoms with E-state index in [0.29, 0.717) is 17.1 Å². The van der Waals surface area contributed by atoms with E-state index in [-0.39, 0.29) is 18.8 Å². The highest BCUT2D eigenvalue weighted by Gasteiger charge is 2.23. The van der Waals surface area contributed by atoms with Crippen molar-refractivity contribution in [2.45, 2.75) is 13.8 Å². The number of aromatic nitrogens is 2. The lowest BCUT2D eigenvalue weighted by molar-refractivity contribution is -0.116. The van der Waals surface area contributed by atoms with Crippen molar-refractivity contribution in [3.05, 3.63) is 82.0 Å². The predicted molar refractivity (Wildman–Crippen MR) is 118 cm³/mol. The molecule has 0 aliphatic carbocycles. The first-order valence-corrected chi connectivity index (χ1v) is 9.93. The average molecular weight is 438 g/mol. The SMILES string of the molecule is CCN(CC(=O)Nc1cccc(OC)c1)C(=O)c1nn(-c2ccccc2F)c(C)cc1=O. The van der Waals surface area contributed by atoms with Crippen molar-refractivity contribution >= 4 is 17.5 Å². The Morgan fingerprint density at radius 2 is 1.91 bits per heavy atom. The van der Waals surface area contributed by atoms with Gasteiger partial charge in [0.05, 0.1) is 7.11 Å². The van der Waals surface area contributed by atoms with Gasteiger partial charge in [0.25, 0.3) is 5.91 Å². The largest absolute Gasteiger partial charge is 0.497 e. The van der Waals surface area contributed by atoms with Gasteiger partial charge in [0.1, 0.15) is 23.8 Å². The van der Waals surface area contributed by atoms with Crippen molar-refractivity contribution in [1.82, 2.24) is 14.7 Å². The van der Waals surface area contributed by atoms with Crippen molar-refractivity contribution in [2.75, 3.05) is 25.5 Å². The van der Waals surface area contributed by atoms with Crippen LogP contribution in [-0.4, -0.2) is 46.7 Å². The number of rotatable bonds is 7. The first-order chi connectivity index (χ1) is 15.3. The van der Waals surface area contributed by atoms with Gasteiger partial charge in [-0.1, -0.05) is 18.2 Å². The van der Waals surface area contributed by atoms with Crippen molar-refractivity contribution in [3.8, 4) is 11.4 Å². The molecule has 8 nitrogen and oxygen atoms in total. The third kappa shape index (κ3) is 5.00. The summed E-state index contributed by atoms with van der Waals surface area (Å²) in [6.45, 7) is 3.15. The van der Waals surface area contributed by atoms with Gasteiger partial charge in [-0.25, -0.2) is 9.07 Å². The molecular formula is C23H23FN4O4. The Bertz CT molecular complexity index is 1210. The molecule has 1 aromatic heterocycles. The number of para-hydroxylation sites is 1. The van der Waals surface area contributed by atoms with Gasteiger partial charge in [0.15, 0.2) is 5.69 Å². The molecule has 0 radical (unpaired) electrons. The monoisotopic (exact) mass is 438 g/mol. The normalized spacial score (nSPS) is 10.5. The van der Waals surface area contributed by atoms with E-state index in [9.17, 15) is 18.8 Å². The third-order valence-corrected chi connectivity index (χ3v) is 4.75. The first kappa shape index (κ1) is 22.7. The van der Waals surface area contributed by atoms with E-state index in [1.807, 2.05) is 0 Å². The quantitative estimate of drug-likeness (QED) is 0.612. The molecule has 0 fully saturated rings. The summed E-state index contributed by atoms with van der Waals surface area (Å²) >= 11 is 0. The fourth-order valence-corrected chi connectivity index (χ4v) is 3.11. The molecule has 0 saturated carbocycles. The summed E-state index contributed by atoms with van der Waals surface area (Å²) in [5.41, 5.74) is -0.0109. The minimum absolute atomic E-state index is 0.109. The summed E-state index contributed by atoms with van der Waals surface area (Å²) in [5, 5.41) is 6.80. The number of carbonyl (C=O) groups is 2. The number of anilines is 1. The van der Waals surface area contributed by atoms with E-state index < -0.39 is 28.8 Å². The number of amides is 2. The third-order valence-electron chi connectivity index (χ3n) is 4.75. The van der Waals surface area contributed by atoms with E-state index >= 15 is 0 Å². The Hall–Kier alpha value is -4.01. The lowest BCUT2D eigenvalue weighted by Crippen LogP contribution is -2.41. The second kappa shape index (κ2) is 9.86. The number of methoxy groups -OCH3 is 1. The second-order valence-electron chi connectivity index (χ2n) is 6.96. The molecule has 32 heavy (non-hydrogen) atoms. The van der Waals surface area contributed by atoms with Crippen molar-refractivity contribution in [2.24, 2.45) is 0 Å². The molecule has 0 saturated heterocycles. The number of nitrogens with zero attached hydrogens (tertiary/aromatic N) is 3. The van der Waals surface area contributed by atoms with Crippen LogP contribution in [0.25, 0.3) is 5.69 Å². The highest BCUT2D eigenvalue weighted by Crippen LogP contribution is 2.17. The second-order valence-corrected chi connectivity index (χ2v) is 6.96. The lowest BCUT2D eigenvalue weighted by atomic mass is 10.2. The number of hydrogen-bond acceptors (Lipinski definition) is 5. The minimum atomic E-state index is -0.719. The highest BCUT2D eigenvalue weighted by atomic mass is 19.1. The van der Waals surface area contributed by atoms with E-state index in [1.54, 1.807) is 44.2 Å². The fourth-order valence-electron chi connectivity index (χ4n) is 3.11. The average Bonchev–Trinajstić information content (AvgIpc) is 2.78. The van der Waals surface area contributed by atoms with Gasteiger partial charge in [-0.15, -0.1) is 0 Å². The minimum Gasteiger partial charge on any atom is -0.497 e. The zero-order valence-corrected chi connectivity index (χ0v) is 18.0. The number of benzene rings is 2. The predicted octanol–water partition coefficient (Wildman–Crippen LogP) is 2.79. The summed E-state index contributed by atoms with van der Waals surface area (Å²) < 4.78 is 20.6. The molecule has 9 heteroatoms. The van der Waals surface area contributed by atoms with Crippen LogP contribution in [0.1, 0.15) is 23.1 Å². The summed E-state index contributed by atoms with van der Waals surface area (Å²) in [6.07, 6.45) is 0. The fraction of sp³-hybridized carbons (Fsp3) is 0.217. The Morgan fingerprint density at radius 3 is 2.59 bits per heavy atom. The Kier molecular flexibility index (Phi) is 6.99.